The van der Waals surface area contributed by atoms with Crippen LogP contribution >= 0.6 is 0 Å². The summed E-state index contributed by atoms with van der Waals surface area (Å²) in [5.41, 5.74) is 0. The highest BCUT2D eigenvalue weighted by molar-refractivity contribution is 7.86. The maximum Gasteiger partial charge on any atom is 0.282 e. The number of piperidine rings is 1. The first-order valence-corrected chi connectivity index (χ1v) is 9.30. The van der Waals surface area contributed by atoms with Crippen LogP contribution in [0.2, 0.25) is 0 Å². The molecule has 0 aromatic heterocycles. The van der Waals surface area contributed by atoms with Gasteiger partial charge in [0.1, 0.15) is 5.78 Å². The van der Waals surface area contributed by atoms with Crippen molar-refractivity contribution in [3.63, 3.8) is 0 Å². The lowest BCUT2D eigenvalue weighted by Gasteiger charge is -2.39. The highest BCUT2D eigenvalue weighted by Crippen LogP contribution is 2.35. The summed E-state index contributed by atoms with van der Waals surface area (Å²) in [6.07, 6.45) is 7.17. The lowest BCUT2D eigenvalue weighted by molar-refractivity contribution is -0.122. The van der Waals surface area contributed by atoms with Gasteiger partial charge in [0.05, 0.1) is 0 Å². The molecule has 6 heteroatoms. The van der Waals surface area contributed by atoms with Gasteiger partial charge in [-0.3, -0.25) is 4.79 Å². The van der Waals surface area contributed by atoms with Gasteiger partial charge in [-0.1, -0.05) is 6.42 Å². The van der Waals surface area contributed by atoms with E-state index in [0.717, 1.165) is 44.9 Å². The molecule has 2 saturated heterocycles. The molecule has 20 heavy (non-hydrogen) atoms. The summed E-state index contributed by atoms with van der Waals surface area (Å²) in [5, 5.41) is 0. The van der Waals surface area contributed by atoms with Crippen LogP contribution < -0.4 is 0 Å². The third kappa shape index (κ3) is 2.53. The Balaban J connectivity index is 1.83. The van der Waals surface area contributed by atoms with Gasteiger partial charge in [0.25, 0.3) is 10.2 Å². The second kappa shape index (κ2) is 5.73. The molecule has 0 spiro atoms. The normalized spacial score (nSPS) is 33.9. The topological polar surface area (TPSA) is 57.7 Å². The van der Waals surface area contributed by atoms with Crippen molar-refractivity contribution in [1.29, 1.82) is 0 Å². The fourth-order valence-corrected chi connectivity index (χ4v) is 5.91. The van der Waals surface area contributed by atoms with Crippen molar-refractivity contribution in [3.8, 4) is 0 Å². The van der Waals surface area contributed by atoms with Crippen molar-refractivity contribution in [3.05, 3.63) is 0 Å². The fourth-order valence-electron chi connectivity index (χ4n) is 3.94. The van der Waals surface area contributed by atoms with E-state index >= 15 is 0 Å². The van der Waals surface area contributed by atoms with E-state index < -0.39 is 10.2 Å². The Hall–Kier alpha value is -0.460. The van der Waals surface area contributed by atoms with Crippen LogP contribution in [0.4, 0.5) is 0 Å². The Morgan fingerprint density at radius 1 is 0.900 bits per heavy atom. The molecule has 3 fully saturated rings. The lowest BCUT2D eigenvalue weighted by atomic mass is 9.90. The largest absolute Gasteiger partial charge is 0.299 e. The van der Waals surface area contributed by atoms with Crippen LogP contribution in [0.15, 0.2) is 0 Å². The van der Waals surface area contributed by atoms with Crippen LogP contribution in [-0.2, 0) is 15.0 Å². The summed E-state index contributed by atoms with van der Waals surface area (Å²) < 4.78 is 28.9. The standard InChI is InChI=1S/C14H24N2O3S/c17-14-8-5-6-12(14)13-7-1-2-11-16(13)20(18,19)15-9-3-4-10-15/h12-13H,1-11H2. The van der Waals surface area contributed by atoms with E-state index in [1.54, 1.807) is 8.61 Å². The molecule has 3 aliphatic rings. The third-order valence-corrected chi connectivity index (χ3v) is 7.07. The molecular formula is C14H24N2O3S. The van der Waals surface area contributed by atoms with E-state index in [4.69, 9.17) is 0 Å². The maximum atomic E-state index is 12.8. The second-order valence-electron chi connectivity index (χ2n) is 6.25. The SMILES string of the molecule is O=C1CCCC1C1CCCCN1S(=O)(=O)N1CCCC1. The van der Waals surface area contributed by atoms with Crippen LogP contribution in [0.5, 0.6) is 0 Å². The Labute approximate surface area is 121 Å². The number of hydrogen-bond acceptors (Lipinski definition) is 3. The van der Waals surface area contributed by atoms with Crippen LogP contribution in [0.25, 0.3) is 0 Å². The van der Waals surface area contributed by atoms with Gasteiger partial charge in [-0.25, -0.2) is 0 Å². The molecule has 3 rings (SSSR count). The molecule has 0 aromatic carbocycles. The Morgan fingerprint density at radius 2 is 1.60 bits per heavy atom. The van der Waals surface area contributed by atoms with Crippen molar-refractivity contribution >= 4 is 16.0 Å². The monoisotopic (exact) mass is 300 g/mol. The summed E-state index contributed by atoms with van der Waals surface area (Å²) in [5.74, 6) is 0.228. The summed E-state index contributed by atoms with van der Waals surface area (Å²) in [6, 6.07) is -0.0793. The van der Waals surface area contributed by atoms with Gasteiger partial charge in [-0.2, -0.15) is 17.0 Å². The summed E-state index contributed by atoms with van der Waals surface area (Å²) >= 11 is 0. The zero-order valence-electron chi connectivity index (χ0n) is 12.0. The van der Waals surface area contributed by atoms with Crippen molar-refractivity contribution in [2.24, 2.45) is 5.92 Å². The van der Waals surface area contributed by atoms with Crippen LogP contribution in [0.1, 0.15) is 51.4 Å². The predicted octanol–water partition coefficient (Wildman–Crippen LogP) is 1.55. The summed E-state index contributed by atoms with van der Waals surface area (Å²) in [4.78, 5) is 12.0. The number of ketones is 1. The molecule has 114 valence electrons. The first-order chi connectivity index (χ1) is 9.60. The number of carbonyl (C=O) groups is 1. The highest BCUT2D eigenvalue weighted by Gasteiger charge is 2.43. The average Bonchev–Trinajstić information content (AvgIpc) is 3.10. The molecule has 0 radical (unpaired) electrons. The second-order valence-corrected chi connectivity index (χ2v) is 8.13. The highest BCUT2D eigenvalue weighted by atomic mass is 32.2. The van der Waals surface area contributed by atoms with Crippen molar-refractivity contribution < 1.29 is 13.2 Å². The van der Waals surface area contributed by atoms with Crippen molar-refractivity contribution in [2.45, 2.75) is 57.4 Å². The number of nitrogens with zero attached hydrogens (tertiary/aromatic N) is 2. The van der Waals surface area contributed by atoms with E-state index in [0.29, 0.717) is 26.1 Å². The molecular weight excluding hydrogens is 276 g/mol. The van der Waals surface area contributed by atoms with E-state index in [-0.39, 0.29) is 17.7 Å². The molecule has 0 N–H and O–H groups in total. The number of carbonyl (C=O) groups excluding carboxylic acids is 1. The van der Waals surface area contributed by atoms with Gasteiger partial charge in [-0.15, -0.1) is 0 Å². The van der Waals surface area contributed by atoms with E-state index in [9.17, 15) is 13.2 Å². The Kier molecular flexibility index (Phi) is 4.15. The minimum absolute atomic E-state index is 0.0484. The molecule has 5 nitrogen and oxygen atoms in total. The minimum atomic E-state index is -3.36. The van der Waals surface area contributed by atoms with Crippen molar-refractivity contribution in [1.82, 2.24) is 8.61 Å². The zero-order chi connectivity index (χ0) is 14.2. The average molecular weight is 300 g/mol. The first-order valence-electron chi connectivity index (χ1n) is 7.90. The summed E-state index contributed by atoms with van der Waals surface area (Å²) in [7, 11) is -3.36. The molecule has 2 unspecified atom stereocenters. The Bertz CT molecular complexity index is 471. The van der Waals surface area contributed by atoms with Crippen LogP contribution in [0, 0.1) is 5.92 Å². The maximum absolute atomic E-state index is 12.8. The smallest absolute Gasteiger partial charge is 0.282 e. The summed E-state index contributed by atoms with van der Waals surface area (Å²) in [6.45, 7) is 1.88. The van der Waals surface area contributed by atoms with Crippen LogP contribution in [-0.4, -0.2) is 48.5 Å². The molecule has 1 saturated carbocycles. The quantitative estimate of drug-likeness (QED) is 0.794. The number of hydrogen-bond donors (Lipinski definition) is 0. The molecule has 0 bridgehead atoms. The molecule has 2 atom stereocenters. The Morgan fingerprint density at radius 3 is 2.25 bits per heavy atom. The molecule has 1 aliphatic carbocycles. The van der Waals surface area contributed by atoms with E-state index in [1.165, 1.54) is 0 Å². The molecule has 2 heterocycles. The minimum Gasteiger partial charge on any atom is -0.299 e. The number of Topliss-reactive ketones (excluding diaryl/α,β-unsaturated/α-hetero) is 1. The van der Waals surface area contributed by atoms with Gasteiger partial charge in [0.15, 0.2) is 0 Å². The fraction of sp³-hybridized carbons (Fsp3) is 0.929. The molecule has 0 amide bonds. The van der Waals surface area contributed by atoms with Gasteiger partial charge < -0.3 is 0 Å². The predicted molar refractivity (Wildman–Crippen MR) is 76.4 cm³/mol. The van der Waals surface area contributed by atoms with E-state index in [1.807, 2.05) is 0 Å². The zero-order valence-corrected chi connectivity index (χ0v) is 12.8. The van der Waals surface area contributed by atoms with Gasteiger partial charge >= 0.3 is 0 Å². The van der Waals surface area contributed by atoms with E-state index in [2.05, 4.69) is 0 Å². The van der Waals surface area contributed by atoms with Gasteiger partial charge in [0.2, 0.25) is 0 Å². The third-order valence-electron chi connectivity index (χ3n) is 5.00. The molecule has 0 aromatic rings. The van der Waals surface area contributed by atoms with Crippen LogP contribution in [0.3, 0.4) is 0 Å². The lowest BCUT2D eigenvalue weighted by Crippen LogP contribution is -2.53. The number of rotatable bonds is 3. The first kappa shape index (κ1) is 14.5. The molecule has 2 aliphatic heterocycles. The van der Waals surface area contributed by atoms with Gasteiger partial charge in [-0.05, 0) is 38.5 Å². The van der Waals surface area contributed by atoms with Gasteiger partial charge in [0, 0.05) is 38.0 Å². The van der Waals surface area contributed by atoms with Crippen molar-refractivity contribution in [2.75, 3.05) is 19.6 Å².